The number of benzene rings is 2. The zero-order chi connectivity index (χ0) is 16.4. The van der Waals surface area contributed by atoms with Gasteiger partial charge in [-0.15, -0.1) is 0 Å². The molecule has 0 unspecified atom stereocenters. The SMILES string of the molecule is COCCn1c(=N)c(C(=O)OC)nc2c3ccccc3ccc21. The lowest BCUT2D eigenvalue weighted by Crippen LogP contribution is -2.30. The van der Waals surface area contributed by atoms with Crippen molar-refractivity contribution in [3.05, 3.63) is 47.6 Å². The van der Waals surface area contributed by atoms with Crippen LogP contribution < -0.4 is 5.49 Å². The standard InChI is InChI=1S/C17H17N3O3/c1-22-10-9-20-13-8-7-11-5-3-4-6-12(11)14(13)19-15(16(20)18)17(21)23-2/h3-8,18H,9-10H2,1-2H3. The monoisotopic (exact) mass is 311 g/mol. The predicted molar refractivity (Wildman–Crippen MR) is 86.3 cm³/mol. The molecule has 0 atom stereocenters. The van der Waals surface area contributed by atoms with E-state index in [0.29, 0.717) is 18.7 Å². The molecule has 6 heteroatoms. The van der Waals surface area contributed by atoms with E-state index in [1.807, 2.05) is 36.4 Å². The van der Waals surface area contributed by atoms with Crippen LogP contribution in [0, 0.1) is 5.41 Å². The van der Waals surface area contributed by atoms with Crippen molar-refractivity contribution in [2.75, 3.05) is 20.8 Å². The highest BCUT2D eigenvalue weighted by molar-refractivity contribution is 6.05. The van der Waals surface area contributed by atoms with Gasteiger partial charge in [0.2, 0.25) is 0 Å². The van der Waals surface area contributed by atoms with Crippen LogP contribution in [0.1, 0.15) is 10.5 Å². The number of carbonyl (C=O) groups is 1. The number of ether oxygens (including phenoxy) is 2. The van der Waals surface area contributed by atoms with Gasteiger partial charge in [0.1, 0.15) is 0 Å². The lowest BCUT2D eigenvalue weighted by molar-refractivity contribution is 0.0590. The fourth-order valence-corrected chi connectivity index (χ4v) is 2.65. The molecule has 0 saturated carbocycles. The van der Waals surface area contributed by atoms with Gasteiger partial charge in [-0.1, -0.05) is 30.3 Å². The molecule has 118 valence electrons. The van der Waals surface area contributed by atoms with Gasteiger partial charge in [-0.3, -0.25) is 5.41 Å². The smallest absolute Gasteiger partial charge is 0.360 e. The van der Waals surface area contributed by atoms with Crippen LogP contribution in [0.25, 0.3) is 21.8 Å². The van der Waals surface area contributed by atoms with Crippen LogP contribution in [0.15, 0.2) is 36.4 Å². The molecule has 0 aliphatic carbocycles. The molecule has 0 aliphatic rings. The van der Waals surface area contributed by atoms with E-state index in [2.05, 4.69) is 4.98 Å². The van der Waals surface area contributed by atoms with Crippen LogP contribution >= 0.6 is 0 Å². The van der Waals surface area contributed by atoms with Gasteiger partial charge in [0.25, 0.3) is 0 Å². The molecule has 0 fully saturated rings. The van der Waals surface area contributed by atoms with Crippen molar-refractivity contribution in [3.8, 4) is 0 Å². The summed E-state index contributed by atoms with van der Waals surface area (Å²) in [7, 11) is 2.89. The molecule has 1 N–H and O–H groups in total. The average molecular weight is 311 g/mol. The summed E-state index contributed by atoms with van der Waals surface area (Å²) in [4.78, 5) is 16.4. The van der Waals surface area contributed by atoms with Gasteiger partial charge < -0.3 is 14.0 Å². The van der Waals surface area contributed by atoms with Gasteiger partial charge in [0.15, 0.2) is 11.2 Å². The van der Waals surface area contributed by atoms with E-state index >= 15 is 0 Å². The fraction of sp³-hybridized carbons (Fsp3) is 0.235. The number of rotatable bonds is 4. The van der Waals surface area contributed by atoms with Crippen LogP contribution in [0.4, 0.5) is 0 Å². The van der Waals surface area contributed by atoms with Gasteiger partial charge in [-0.05, 0) is 11.5 Å². The number of hydrogen-bond donors (Lipinski definition) is 1. The van der Waals surface area contributed by atoms with Gasteiger partial charge in [0, 0.05) is 19.0 Å². The summed E-state index contributed by atoms with van der Waals surface area (Å²) in [6.07, 6.45) is 0. The maximum Gasteiger partial charge on any atom is 0.360 e. The van der Waals surface area contributed by atoms with Gasteiger partial charge in [0.05, 0.1) is 24.8 Å². The first kappa shape index (κ1) is 15.2. The summed E-state index contributed by atoms with van der Waals surface area (Å²) in [6.45, 7) is 0.889. The van der Waals surface area contributed by atoms with Crippen LogP contribution in [-0.2, 0) is 16.0 Å². The molecule has 1 heterocycles. The van der Waals surface area contributed by atoms with Crippen LogP contribution in [0.5, 0.6) is 0 Å². The molecule has 23 heavy (non-hydrogen) atoms. The first-order valence-electron chi connectivity index (χ1n) is 7.21. The number of aromatic nitrogens is 2. The molecule has 3 rings (SSSR count). The maximum atomic E-state index is 12.0. The molecular formula is C17H17N3O3. The molecule has 0 bridgehead atoms. The van der Waals surface area contributed by atoms with Crippen molar-refractivity contribution in [2.45, 2.75) is 6.54 Å². The third kappa shape index (κ3) is 2.57. The normalized spacial score (nSPS) is 11.0. The largest absolute Gasteiger partial charge is 0.464 e. The molecular weight excluding hydrogens is 294 g/mol. The Morgan fingerprint density at radius 1 is 1.22 bits per heavy atom. The first-order chi connectivity index (χ1) is 11.2. The first-order valence-corrected chi connectivity index (χ1v) is 7.21. The van der Waals surface area contributed by atoms with E-state index in [1.165, 1.54) is 7.11 Å². The van der Waals surface area contributed by atoms with E-state index in [0.717, 1.165) is 16.3 Å². The van der Waals surface area contributed by atoms with E-state index in [-0.39, 0.29) is 11.2 Å². The Hall–Kier alpha value is -2.73. The van der Waals surface area contributed by atoms with Crippen molar-refractivity contribution in [3.63, 3.8) is 0 Å². The minimum Gasteiger partial charge on any atom is -0.464 e. The molecule has 0 amide bonds. The van der Waals surface area contributed by atoms with Crippen molar-refractivity contribution >= 4 is 27.8 Å². The van der Waals surface area contributed by atoms with Gasteiger partial charge in [-0.25, -0.2) is 9.78 Å². The number of esters is 1. The number of hydrogen-bond acceptors (Lipinski definition) is 5. The quantitative estimate of drug-likeness (QED) is 0.591. The molecule has 1 aromatic heterocycles. The zero-order valence-corrected chi connectivity index (χ0v) is 13.0. The summed E-state index contributed by atoms with van der Waals surface area (Å²) >= 11 is 0. The van der Waals surface area contributed by atoms with Crippen LogP contribution in [0.3, 0.4) is 0 Å². The van der Waals surface area contributed by atoms with E-state index in [4.69, 9.17) is 14.9 Å². The Morgan fingerprint density at radius 3 is 2.74 bits per heavy atom. The number of fused-ring (bicyclic) bond motifs is 3. The minimum absolute atomic E-state index is 0.00690. The second-order valence-electron chi connectivity index (χ2n) is 5.10. The number of nitrogens with zero attached hydrogens (tertiary/aromatic N) is 2. The van der Waals surface area contributed by atoms with Crippen LogP contribution in [0.2, 0.25) is 0 Å². The second-order valence-corrected chi connectivity index (χ2v) is 5.10. The molecule has 0 radical (unpaired) electrons. The molecule has 0 saturated heterocycles. The summed E-state index contributed by atoms with van der Waals surface area (Å²) in [6, 6.07) is 11.7. The van der Waals surface area contributed by atoms with Crippen molar-refractivity contribution in [1.82, 2.24) is 9.55 Å². The highest BCUT2D eigenvalue weighted by atomic mass is 16.5. The topological polar surface area (TPSA) is 77.2 Å². The fourth-order valence-electron chi connectivity index (χ4n) is 2.65. The molecule has 3 aromatic rings. The summed E-state index contributed by atoms with van der Waals surface area (Å²) in [5.74, 6) is -0.615. The lowest BCUT2D eigenvalue weighted by atomic mass is 10.1. The number of nitrogens with one attached hydrogen (secondary N) is 1. The Morgan fingerprint density at radius 2 is 2.00 bits per heavy atom. The second kappa shape index (κ2) is 6.18. The minimum atomic E-state index is -0.615. The molecule has 6 nitrogen and oxygen atoms in total. The Labute approximate surface area is 132 Å². The van der Waals surface area contributed by atoms with Gasteiger partial charge >= 0.3 is 5.97 Å². The maximum absolute atomic E-state index is 12.0. The van der Waals surface area contributed by atoms with Crippen molar-refractivity contribution < 1.29 is 14.3 Å². The predicted octanol–water partition coefficient (Wildman–Crippen LogP) is 2.10. The summed E-state index contributed by atoms with van der Waals surface area (Å²) in [5.41, 5.74) is 1.50. The molecule has 2 aromatic carbocycles. The molecule has 0 spiro atoms. The summed E-state index contributed by atoms with van der Waals surface area (Å²) in [5, 5.41) is 10.3. The third-order valence-corrected chi connectivity index (χ3v) is 3.79. The number of methoxy groups -OCH3 is 2. The van der Waals surface area contributed by atoms with Crippen LogP contribution in [-0.4, -0.2) is 36.3 Å². The van der Waals surface area contributed by atoms with Gasteiger partial charge in [-0.2, -0.15) is 0 Å². The average Bonchev–Trinajstić information content (AvgIpc) is 2.59. The third-order valence-electron chi connectivity index (χ3n) is 3.79. The van der Waals surface area contributed by atoms with E-state index < -0.39 is 5.97 Å². The van der Waals surface area contributed by atoms with Crippen molar-refractivity contribution in [2.24, 2.45) is 0 Å². The highest BCUT2D eigenvalue weighted by Gasteiger charge is 2.16. The number of carbonyl (C=O) groups excluding carboxylic acids is 1. The highest BCUT2D eigenvalue weighted by Crippen LogP contribution is 2.23. The summed E-state index contributed by atoms with van der Waals surface area (Å²) < 4.78 is 11.6. The van der Waals surface area contributed by atoms with Crippen molar-refractivity contribution in [1.29, 1.82) is 5.41 Å². The Bertz CT molecular complexity index is 947. The van der Waals surface area contributed by atoms with E-state index in [9.17, 15) is 4.79 Å². The Kier molecular flexibility index (Phi) is 4.08. The Balaban J connectivity index is 2.41. The molecule has 0 aliphatic heterocycles. The zero-order valence-electron chi connectivity index (χ0n) is 13.0. The van der Waals surface area contributed by atoms with E-state index in [1.54, 1.807) is 11.7 Å². The lowest BCUT2D eigenvalue weighted by Gasteiger charge is -2.14.